The van der Waals surface area contributed by atoms with Crippen LogP contribution >= 0.6 is 0 Å². The normalized spacial score (nSPS) is 21.6. The lowest BCUT2D eigenvalue weighted by Crippen LogP contribution is -2.52. The van der Waals surface area contributed by atoms with Crippen LogP contribution in [0.15, 0.2) is 103 Å². The van der Waals surface area contributed by atoms with Crippen molar-refractivity contribution in [1.82, 2.24) is 0 Å². The molecule has 1 fully saturated rings. The highest BCUT2D eigenvalue weighted by molar-refractivity contribution is 6.00. The average Bonchev–Trinajstić information content (AvgIpc) is 3.28. The lowest BCUT2D eigenvalue weighted by molar-refractivity contribution is -0.158. The van der Waals surface area contributed by atoms with Gasteiger partial charge in [-0.1, -0.05) is 84.9 Å². The fourth-order valence-corrected chi connectivity index (χ4v) is 5.85. The standard InChI is InChI=1S/C32H25NO5/c34-26-18-23-15-14-22(17-25(23)33-26)21-12-7-13-24(16-21)38-32(37)30-27(19-8-3-1-4-9-19)29(31(35)36)28(30)20-10-5-2-6-11-20/h1-17,27-30H,18H2,(H,33,34)(H,35,36)/t27-,28?,29?,30?/m1/s1. The number of carboxylic acids is 1. The molecule has 1 amide bonds. The van der Waals surface area contributed by atoms with Gasteiger partial charge in [-0.05, 0) is 46.0 Å². The van der Waals surface area contributed by atoms with Gasteiger partial charge in [0.25, 0.3) is 0 Å². The van der Waals surface area contributed by atoms with E-state index >= 15 is 0 Å². The lowest BCUT2D eigenvalue weighted by atomic mass is 9.52. The molecule has 1 aliphatic heterocycles. The van der Waals surface area contributed by atoms with Gasteiger partial charge in [0, 0.05) is 17.5 Å². The van der Waals surface area contributed by atoms with Crippen molar-refractivity contribution in [2.24, 2.45) is 11.8 Å². The minimum atomic E-state index is -0.928. The van der Waals surface area contributed by atoms with Crippen molar-refractivity contribution in [3.8, 4) is 16.9 Å². The molecule has 3 unspecified atom stereocenters. The minimum Gasteiger partial charge on any atom is -0.481 e. The molecule has 4 aromatic carbocycles. The second kappa shape index (κ2) is 9.63. The molecule has 38 heavy (non-hydrogen) atoms. The molecule has 0 saturated heterocycles. The topological polar surface area (TPSA) is 92.7 Å². The summed E-state index contributed by atoms with van der Waals surface area (Å²) in [5.74, 6) is -3.43. The largest absolute Gasteiger partial charge is 0.481 e. The van der Waals surface area contributed by atoms with Crippen LogP contribution in [0.4, 0.5) is 5.69 Å². The lowest BCUT2D eigenvalue weighted by Gasteiger charge is -2.48. The van der Waals surface area contributed by atoms with Gasteiger partial charge in [-0.25, -0.2) is 0 Å². The van der Waals surface area contributed by atoms with Gasteiger partial charge in [0.2, 0.25) is 5.91 Å². The maximum absolute atomic E-state index is 13.7. The van der Waals surface area contributed by atoms with E-state index in [-0.39, 0.29) is 5.91 Å². The van der Waals surface area contributed by atoms with E-state index in [4.69, 9.17) is 4.74 Å². The molecule has 0 radical (unpaired) electrons. The first-order valence-electron chi connectivity index (χ1n) is 12.6. The summed E-state index contributed by atoms with van der Waals surface area (Å²) in [4.78, 5) is 37.8. The van der Waals surface area contributed by atoms with Crippen LogP contribution in [0.5, 0.6) is 5.75 Å². The first-order valence-corrected chi connectivity index (χ1v) is 12.6. The highest BCUT2D eigenvalue weighted by Crippen LogP contribution is 2.58. The third-order valence-corrected chi connectivity index (χ3v) is 7.59. The number of rotatable bonds is 6. The van der Waals surface area contributed by atoms with Crippen molar-refractivity contribution in [3.05, 3.63) is 120 Å². The number of aliphatic carboxylic acids is 1. The molecule has 1 aliphatic carbocycles. The first-order chi connectivity index (χ1) is 18.5. The SMILES string of the molecule is O=C1Cc2ccc(-c3cccc(OC(=O)C4C(c5ccccc5)C(C(=O)O)[C@H]4c4ccccc4)c3)cc2N1. The molecule has 188 valence electrons. The summed E-state index contributed by atoms with van der Waals surface area (Å²) in [5.41, 5.74) is 5.10. The van der Waals surface area contributed by atoms with Crippen LogP contribution in [-0.2, 0) is 20.8 Å². The molecular weight excluding hydrogens is 478 g/mol. The number of hydrogen-bond donors (Lipinski definition) is 2. The molecular formula is C32H25NO5. The van der Waals surface area contributed by atoms with Crippen molar-refractivity contribution in [2.45, 2.75) is 18.3 Å². The van der Waals surface area contributed by atoms with Crippen molar-refractivity contribution in [1.29, 1.82) is 0 Å². The number of amides is 1. The molecule has 0 spiro atoms. The Morgan fingerprint density at radius 2 is 1.37 bits per heavy atom. The van der Waals surface area contributed by atoms with Crippen LogP contribution in [0.3, 0.4) is 0 Å². The van der Waals surface area contributed by atoms with Crippen molar-refractivity contribution in [3.63, 3.8) is 0 Å². The molecule has 2 N–H and O–H groups in total. The van der Waals surface area contributed by atoms with Crippen LogP contribution in [0.25, 0.3) is 11.1 Å². The number of esters is 1. The molecule has 2 aliphatic rings. The van der Waals surface area contributed by atoms with Crippen molar-refractivity contribution < 1.29 is 24.2 Å². The Morgan fingerprint density at radius 1 is 0.737 bits per heavy atom. The fraction of sp³-hybridized carbons (Fsp3) is 0.156. The predicted molar refractivity (Wildman–Crippen MR) is 143 cm³/mol. The number of ether oxygens (including phenoxy) is 1. The van der Waals surface area contributed by atoms with Gasteiger partial charge in [0.1, 0.15) is 5.75 Å². The van der Waals surface area contributed by atoms with Crippen LogP contribution < -0.4 is 10.1 Å². The highest BCUT2D eigenvalue weighted by Gasteiger charge is 2.59. The zero-order valence-electron chi connectivity index (χ0n) is 20.4. The molecule has 0 aromatic heterocycles. The maximum Gasteiger partial charge on any atom is 0.315 e. The zero-order chi connectivity index (χ0) is 26.2. The van der Waals surface area contributed by atoms with Gasteiger partial charge in [-0.15, -0.1) is 0 Å². The van der Waals surface area contributed by atoms with Gasteiger partial charge in [-0.3, -0.25) is 14.4 Å². The van der Waals surface area contributed by atoms with Crippen LogP contribution in [0.2, 0.25) is 0 Å². The third kappa shape index (κ3) is 4.24. The van der Waals surface area contributed by atoms with E-state index in [1.54, 1.807) is 12.1 Å². The summed E-state index contributed by atoms with van der Waals surface area (Å²) < 4.78 is 5.92. The van der Waals surface area contributed by atoms with Crippen molar-refractivity contribution in [2.75, 3.05) is 5.32 Å². The van der Waals surface area contributed by atoms with E-state index in [0.717, 1.165) is 33.5 Å². The number of anilines is 1. The van der Waals surface area contributed by atoms with E-state index in [9.17, 15) is 19.5 Å². The summed E-state index contributed by atoms with van der Waals surface area (Å²) in [6.07, 6.45) is 0.372. The number of carbonyl (C=O) groups is 3. The number of nitrogens with one attached hydrogen (secondary N) is 1. The number of hydrogen-bond acceptors (Lipinski definition) is 4. The third-order valence-electron chi connectivity index (χ3n) is 7.59. The summed E-state index contributed by atoms with van der Waals surface area (Å²) >= 11 is 0. The Bertz CT molecular complexity index is 1480. The number of carboxylic acid groups (broad SMARTS) is 1. The predicted octanol–water partition coefficient (Wildman–Crippen LogP) is 5.65. The Kier molecular flexibility index (Phi) is 6.00. The Morgan fingerprint density at radius 3 is 2.00 bits per heavy atom. The molecule has 1 saturated carbocycles. The monoisotopic (exact) mass is 503 g/mol. The van der Waals surface area contributed by atoms with Gasteiger partial charge >= 0.3 is 11.9 Å². The Hall–Kier alpha value is -4.71. The molecule has 4 aromatic rings. The van der Waals surface area contributed by atoms with Gasteiger partial charge in [0.15, 0.2) is 0 Å². The second-order valence-corrected chi connectivity index (χ2v) is 9.81. The summed E-state index contributed by atoms with van der Waals surface area (Å²) in [5, 5.41) is 13.0. The molecule has 6 heteroatoms. The van der Waals surface area contributed by atoms with Crippen LogP contribution in [0.1, 0.15) is 28.5 Å². The molecule has 6 nitrogen and oxygen atoms in total. The highest BCUT2D eigenvalue weighted by atomic mass is 16.5. The zero-order valence-corrected chi connectivity index (χ0v) is 20.4. The van der Waals surface area contributed by atoms with Crippen LogP contribution in [0, 0.1) is 11.8 Å². The van der Waals surface area contributed by atoms with Crippen molar-refractivity contribution >= 4 is 23.5 Å². The average molecular weight is 504 g/mol. The first kappa shape index (κ1) is 23.7. The minimum absolute atomic E-state index is 0.0269. The van der Waals surface area contributed by atoms with E-state index in [1.165, 1.54) is 0 Å². The summed E-state index contributed by atoms with van der Waals surface area (Å²) in [7, 11) is 0. The smallest absolute Gasteiger partial charge is 0.315 e. The summed E-state index contributed by atoms with van der Waals surface area (Å²) in [6, 6.07) is 31.7. The van der Waals surface area contributed by atoms with E-state index < -0.39 is 35.6 Å². The fourth-order valence-electron chi connectivity index (χ4n) is 5.85. The summed E-state index contributed by atoms with van der Waals surface area (Å²) in [6.45, 7) is 0. The van der Waals surface area contributed by atoms with Gasteiger partial charge in [0.05, 0.1) is 18.3 Å². The van der Waals surface area contributed by atoms with E-state index in [2.05, 4.69) is 5.32 Å². The molecule has 1 heterocycles. The van der Waals surface area contributed by atoms with E-state index in [1.807, 2.05) is 91.0 Å². The number of fused-ring (bicyclic) bond motifs is 1. The van der Waals surface area contributed by atoms with Gasteiger partial charge < -0.3 is 15.2 Å². The molecule has 6 rings (SSSR count). The van der Waals surface area contributed by atoms with Gasteiger partial charge in [-0.2, -0.15) is 0 Å². The van der Waals surface area contributed by atoms with Crippen LogP contribution in [-0.4, -0.2) is 23.0 Å². The number of carbonyl (C=O) groups excluding carboxylic acids is 2. The molecule has 4 atom stereocenters. The Balaban J connectivity index is 1.31. The quantitative estimate of drug-likeness (QED) is 0.262. The Labute approximate surface area is 219 Å². The van der Waals surface area contributed by atoms with E-state index in [0.29, 0.717) is 12.2 Å². The molecule has 0 bridgehead atoms. The maximum atomic E-state index is 13.7. The second-order valence-electron chi connectivity index (χ2n) is 9.81. The number of benzene rings is 4.